The highest BCUT2D eigenvalue weighted by Gasteiger charge is 2.32. The van der Waals surface area contributed by atoms with Gasteiger partial charge in [-0.1, -0.05) is 0 Å². The monoisotopic (exact) mass is 358 g/mol. The fourth-order valence-corrected chi connectivity index (χ4v) is 3.62. The standard InChI is InChI=1S/C17H19FN6O2/c1-20-7-13(19)9-4-5-23(8-9)15-12(18)6-11-14(21-15)24(10-2-3-10)17(26)22-16(11)25/h6,9-10,13H,2-5,7-8,19H2,(H,22,25,26). The summed E-state index contributed by atoms with van der Waals surface area (Å²) in [5.74, 6) is -0.372. The van der Waals surface area contributed by atoms with Crippen LogP contribution in [0.15, 0.2) is 15.7 Å². The van der Waals surface area contributed by atoms with Gasteiger partial charge in [0.1, 0.15) is 0 Å². The minimum Gasteiger partial charge on any atom is -0.354 e. The molecule has 2 unspecified atom stereocenters. The molecule has 2 aliphatic rings. The van der Waals surface area contributed by atoms with E-state index in [0.717, 1.165) is 25.3 Å². The van der Waals surface area contributed by atoms with Crippen LogP contribution < -0.4 is 21.9 Å². The molecule has 0 bridgehead atoms. The van der Waals surface area contributed by atoms with Crippen LogP contribution in [0.5, 0.6) is 0 Å². The summed E-state index contributed by atoms with van der Waals surface area (Å²) in [4.78, 5) is 36.0. The summed E-state index contributed by atoms with van der Waals surface area (Å²) in [7, 11) is 0. The summed E-state index contributed by atoms with van der Waals surface area (Å²) < 4.78 is 16.1. The molecule has 1 aliphatic heterocycles. The van der Waals surface area contributed by atoms with Crippen molar-refractivity contribution >= 4 is 16.9 Å². The maximum absolute atomic E-state index is 14.7. The van der Waals surface area contributed by atoms with E-state index in [1.165, 1.54) is 4.57 Å². The van der Waals surface area contributed by atoms with Gasteiger partial charge < -0.3 is 15.5 Å². The molecule has 0 radical (unpaired) electrons. The van der Waals surface area contributed by atoms with Gasteiger partial charge in [-0.3, -0.25) is 14.3 Å². The van der Waals surface area contributed by atoms with Crippen LogP contribution in [-0.2, 0) is 0 Å². The van der Waals surface area contributed by atoms with Crippen LogP contribution in [0.4, 0.5) is 10.2 Å². The number of fused-ring (bicyclic) bond motifs is 1. The average molecular weight is 358 g/mol. The van der Waals surface area contributed by atoms with Crippen molar-refractivity contribution in [2.75, 3.05) is 24.5 Å². The van der Waals surface area contributed by atoms with E-state index in [0.29, 0.717) is 13.1 Å². The molecule has 9 heteroatoms. The number of hydrogen-bond donors (Lipinski definition) is 2. The molecule has 1 saturated heterocycles. The summed E-state index contributed by atoms with van der Waals surface area (Å²) in [6, 6.07) is 0.904. The van der Waals surface area contributed by atoms with Crippen LogP contribution in [0.1, 0.15) is 25.3 Å². The van der Waals surface area contributed by atoms with E-state index in [4.69, 9.17) is 12.3 Å². The molecule has 0 aromatic carbocycles. The number of aromatic nitrogens is 3. The first kappa shape index (κ1) is 16.7. The Morgan fingerprint density at radius 2 is 2.19 bits per heavy atom. The Morgan fingerprint density at radius 1 is 1.42 bits per heavy atom. The summed E-state index contributed by atoms with van der Waals surface area (Å²) in [6.07, 6.45) is 2.43. The first-order valence-electron chi connectivity index (χ1n) is 8.68. The fraction of sp³-hybridized carbons (Fsp3) is 0.529. The van der Waals surface area contributed by atoms with Crippen LogP contribution in [0.2, 0.25) is 0 Å². The van der Waals surface area contributed by atoms with E-state index in [1.54, 1.807) is 4.90 Å². The third kappa shape index (κ3) is 2.76. The Balaban J connectivity index is 1.76. The lowest BCUT2D eigenvalue weighted by Gasteiger charge is -2.20. The van der Waals surface area contributed by atoms with Gasteiger partial charge in [-0.05, 0) is 25.3 Å². The number of aromatic amines is 1. The van der Waals surface area contributed by atoms with E-state index in [9.17, 15) is 14.0 Å². The van der Waals surface area contributed by atoms with Crippen molar-refractivity contribution in [2.45, 2.75) is 31.3 Å². The Kier molecular flexibility index (Phi) is 4.00. The normalized spacial score (nSPS) is 21.1. The number of hydrogen-bond acceptors (Lipinski definition) is 5. The Morgan fingerprint density at radius 3 is 2.88 bits per heavy atom. The first-order chi connectivity index (χ1) is 12.5. The van der Waals surface area contributed by atoms with Crippen molar-refractivity contribution in [1.82, 2.24) is 14.5 Å². The SMILES string of the molecule is [C-]#[N+]CC(N)C1CCN(c2nc3c(cc2F)c(=O)[nH]c(=O)n3C2CC2)C1. The second-order valence-corrected chi connectivity index (χ2v) is 7.02. The summed E-state index contributed by atoms with van der Waals surface area (Å²) >= 11 is 0. The number of rotatable bonds is 4. The first-order valence-corrected chi connectivity index (χ1v) is 8.68. The van der Waals surface area contributed by atoms with Gasteiger partial charge in [-0.2, -0.15) is 0 Å². The molecular weight excluding hydrogens is 339 g/mol. The summed E-state index contributed by atoms with van der Waals surface area (Å²) in [5, 5.41) is 0.0817. The Hall–Kier alpha value is -2.73. The van der Waals surface area contributed by atoms with Crippen LogP contribution >= 0.6 is 0 Å². The third-order valence-corrected chi connectivity index (χ3v) is 5.19. The zero-order valence-corrected chi connectivity index (χ0v) is 14.1. The van der Waals surface area contributed by atoms with E-state index >= 15 is 0 Å². The highest BCUT2D eigenvalue weighted by molar-refractivity contribution is 5.76. The molecule has 8 nitrogen and oxygen atoms in total. The average Bonchev–Trinajstić information content (AvgIpc) is 3.30. The highest BCUT2D eigenvalue weighted by atomic mass is 19.1. The molecule has 4 rings (SSSR count). The van der Waals surface area contributed by atoms with Gasteiger partial charge in [0.25, 0.3) is 5.56 Å². The largest absolute Gasteiger partial charge is 0.354 e. The summed E-state index contributed by atoms with van der Waals surface area (Å²) in [5.41, 5.74) is 5.12. The number of nitrogens with two attached hydrogens (primary N) is 1. The number of halogens is 1. The predicted molar refractivity (Wildman–Crippen MR) is 94.6 cm³/mol. The molecule has 1 saturated carbocycles. The van der Waals surface area contributed by atoms with Gasteiger partial charge >= 0.3 is 5.69 Å². The number of nitrogens with one attached hydrogen (secondary N) is 1. The van der Waals surface area contributed by atoms with Crippen molar-refractivity contribution in [3.8, 4) is 0 Å². The van der Waals surface area contributed by atoms with Crippen LogP contribution in [0.3, 0.4) is 0 Å². The molecule has 2 aromatic rings. The minimum absolute atomic E-state index is 0.00563. The molecule has 0 amide bonds. The number of anilines is 1. The van der Waals surface area contributed by atoms with Crippen LogP contribution in [0.25, 0.3) is 15.9 Å². The maximum Gasteiger partial charge on any atom is 0.330 e. The zero-order valence-electron chi connectivity index (χ0n) is 14.1. The molecule has 2 aromatic heterocycles. The molecule has 2 fully saturated rings. The maximum atomic E-state index is 14.7. The predicted octanol–water partition coefficient (Wildman–Crippen LogP) is 0.632. The molecule has 1 aliphatic carbocycles. The highest BCUT2D eigenvalue weighted by Crippen LogP contribution is 2.35. The lowest BCUT2D eigenvalue weighted by molar-refractivity contribution is 0.480. The van der Waals surface area contributed by atoms with Gasteiger partial charge in [0.15, 0.2) is 17.3 Å². The van der Waals surface area contributed by atoms with Crippen molar-refractivity contribution in [3.05, 3.63) is 44.1 Å². The van der Waals surface area contributed by atoms with Gasteiger partial charge in [-0.25, -0.2) is 20.7 Å². The second kappa shape index (κ2) is 6.21. The van der Waals surface area contributed by atoms with Crippen molar-refractivity contribution < 1.29 is 4.39 Å². The molecule has 0 spiro atoms. The van der Waals surface area contributed by atoms with Crippen molar-refractivity contribution in [2.24, 2.45) is 11.7 Å². The smallest absolute Gasteiger partial charge is 0.330 e. The van der Waals surface area contributed by atoms with Gasteiger partial charge in [0.05, 0.1) is 11.4 Å². The minimum atomic E-state index is -0.627. The second-order valence-electron chi connectivity index (χ2n) is 7.02. The topological polar surface area (TPSA) is 101 Å². The lowest BCUT2D eigenvalue weighted by atomic mass is 10.0. The van der Waals surface area contributed by atoms with Gasteiger partial charge in [0.2, 0.25) is 6.54 Å². The van der Waals surface area contributed by atoms with E-state index < -0.39 is 17.1 Å². The van der Waals surface area contributed by atoms with Gasteiger partial charge in [-0.15, -0.1) is 0 Å². The van der Waals surface area contributed by atoms with E-state index in [2.05, 4.69) is 14.8 Å². The fourth-order valence-electron chi connectivity index (χ4n) is 3.62. The number of nitrogens with zero attached hydrogens (tertiary/aromatic N) is 4. The van der Waals surface area contributed by atoms with Crippen LogP contribution in [0, 0.1) is 18.3 Å². The van der Waals surface area contributed by atoms with E-state index in [-0.39, 0.29) is 41.4 Å². The number of pyridine rings is 1. The van der Waals surface area contributed by atoms with E-state index in [1.807, 2.05) is 0 Å². The Labute approximate surface area is 148 Å². The zero-order chi connectivity index (χ0) is 18.4. The Bertz CT molecular complexity index is 1020. The number of H-pyrrole nitrogens is 1. The molecule has 2 atom stereocenters. The van der Waals surface area contributed by atoms with Crippen LogP contribution in [-0.4, -0.2) is 40.2 Å². The van der Waals surface area contributed by atoms with Crippen molar-refractivity contribution in [1.29, 1.82) is 0 Å². The summed E-state index contributed by atoms with van der Waals surface area (Å²) in [6.45, 7) is 8.25. The molecular formula is C17H19FN6O2. The molecule has 3 N–H and O–H groups in total. The third-order valence-electron chi connectivity index (χ3n) is 5.19. The quantitative estimate of drug-likeness (QED) is 0.781. The van der Waals surface area contributed by atoms with Crippen molar-refractivity contribution in [3.63, 3.8) is 0 Å². The lowest BCUT2D eigenvalue weighted by Crippen LogP contribution is -2.35. The molecule has 136 valence electrons. The van der Waals surface area contributed by atoms with Gasteiger partial charge in [0, 0.05) is 25.0 Å². The molecule has 3 heterocycles. The molecule has 26 heavy (non-hydrogen) atoms.